The molecule has 0 fully saturated rings. The number of benzene rings is 1. The highest BCUT2D eigenvalue weighted by Crippen LogP contribution is 2.47. The first-order valence-corrected chi connectivity index (χ1v) is 6.26. The molecule has 3 rings (SSSR count). The molecular weight excluding hydrogens is 254 g/mol. The van der Waals surface area contributed by atoms with Crippen LogP contribution in [0.1, 0.15) is 0 Å². The maximum atomic E-state index is 11.0. The van der Waals surface area contributed by atoms with E-state index in [1.165, 1.54) is 17.4 Å². The third-order valence-electron chi connectivity index (χ3n) is 2.65. The van der Waals surface area contributed by atoms with Crippen LogP contribution < -0.4 is 9.47 Å². The number of fused-ring (bicyclic) bond motifs is 1. The molecule has 5 nitrogen and oxygen atoms in total. The van der Waals surface area contributed by atoms with Gasteiger partial charge in [-0.1, -0.05) is 12.1 Å². The van der Waals surface area contributed by atoms with Crippen molar-refractivity contribution in [3.05, 3.63) is 39.8 Å². The zero-order valence-corrected chi connectivity index (χ0v) is 10.1. The molecule has 0 aliphatic carbocycles. The molecule has 0 bridgehead atoms. The van der Waals surface area contributed by atoms with Gasteiger partial charge in [0.1, 0.15) is 13.2 Å². The van der Waals surface area contributed by atoms with Crippen molar-refractivity contribution in [2.45, 2.75) is 0 Å². The second kappa shape index (κ2) is 4.30. The number of para-hydroxylation sites is 1. The number of hydrogen-bond donors (Lipinski definition) is 0. The number of ether oxygens (including phenoxy) is 2. The van der Waals surface area contributed by atoms with Crippen molar-refractivity contribution in [3.63, 3.8) is 0 Å². The smallest absolute Gasteiger partial charge is 0.278 e. The molecule has 1 aromatic carbocycles. The van der Waals surface area contributed by atoms with Gasteiger partial charge in [0.05, 0.1) is 15.4 Å². The van der Waals surface area contributed by atoms with Gasteiger partial charge in [0.15, 0.2) is 11.5 Å². The first-order valence-electron chi connectivity index (χ1n) is 5.38. The largest absolute Gasteiger partial charge is 0.485 e. The lowest BCUT2D eigenvalue weighted by Crippen LogP contribution is -2.14. The van der Waals surface area contributed by atoms with E-state index in [2.05, 4.69) is 0 Å². The summed E-state index contributed by atoms with van der Waals surface area (Å²) in [6.45, 7) is 0.984. The van der Waals surface area contributed by atoms with Crippen molar-refractivity contribution < 1.29 is 14.4 Å². The minimum Gasteiger partial charge on any atom is -0.485 e. The Kier molecular flexibility index (Phi) is 2.64. The van der Waals surface area contributed by atoms with E-state index in [0.29, 0.717) is 30.3 Å². The zero-order chi connectivity index (χ0) is 12.5. The van der Waals surface area contributed by atoms with E-state index in [1.807, 2.05) is 5.38 Å². The Bertz CT molecular complexity index is 608. The van der Waals surface area contributed by atoms with Gasteiger partial charge in [-0.25, -0.2) is 0 Å². The van der Waals surface area contributed by atoms with Crippen LogP contribution in [0.3, 0.4) is 0 Å². The highest BCUT2D eigenvalue weighted by molar-refractivity contribution is 7.14. The summed E-state index contributed by atoms with van der Waals surface area (Å²) < 4.78 is 11.0. The third-order valence-corrected chi connectivity index (χ3v) is 3.62. The predicted octanol–water partition coefficient (Wildman–Crippen LogP) is 3.09. The molecule has 0 spiro atoms. The number of thiophene rings is 1. The van der Waals surface area contributed by atoms with Crippen molar-refractivity contribution >= 4 is 17.0 Å². The summed E-state index contributed by atoms with van der Waals surface area (Å²) in [6, 6.07) is 6.64. The van der Waals surface area contributed by atoms with Gasteiger partial charge in [-0.05, 0) is 6.07 Å². The van der Waals surface area contributed by atoms with Crippen LogP contribution in [-0.2, 0) is 0 Å². The molecule has 2 heterocycles. The van der Waals surface area contributed by atoms with Gasteiger partial charge in [0.25, 0.3) is 5.69 Å². The summed E-state index contributed by atoms with van der Waals surface area (Å²) in [5, 5.41) is 12.8. The lowest BCUT2D eigenvalue weighted by Gasteiger charge is -2.16. The number of rotatable bonds is 2. The van der Waals surface area contributed by atoms with Gasteiger partial charge >= 0.3 is 0 Å². The molecule has 0 unspecified atom stereocenters. The van der Waals surface area contributed by atoms with Crippen LogP contribution in [0.2, 0.25) is 0 Å². The Balaban J connectivity index is 2.15. The van der Waals surface area contributed by atoms with Crippen LogP contribution in [0.15, 0.2) is 29.6 Å². The van der Waals surface area contributed by atoms with Crippen LogP contribution in [-0.4, -0.2) is 18.1 Å². The minimum atomic E-state index is -0.384. The number of hydrogen-bond acceptors (Lipinski definition) is 5. The lowest BCUT2D eigenvalue weighted by molar-refractivity contribution is -0.384. The average Bonchev–Trinajstić information content (AvgIpc) is 2.82. The summed E-state index contributed by atoms with van der Waals surface area (Å²) in [7, 11) is 0. The van der Waals surface area contributed by atoms with Crippen molar-refractivity contribution in [3.8, 4) is 21.9 Å². The molecule has 1 aliphatic heterocycles. The Hall–Kier alpha value is -2.08. The molecule has 0 amide bonds. The van der Waals surface area contributed by atoms with E-state index in [1.54, 1.807) is 18.2 Å². The Morgan fingerprint density at radius 3 is 2.83 bits per heavy atom. The Morgan fingerprint density at radius 2 is 2.00 bits per heavy atom. The van der Waals surface area contributed by atoms with E-state index < -0.39 is 0 Å². The van der Waals surface area contributed by atoms with Gasteiger partial charge in [-0.2, -0.15) is 0 Å². The number of nitro groups is 1. The zero-order valence-electron chi connectivity index (χ0n) is 9.29. The molecule has 0 saturated heterocycles. The Labute approximate surface area is 107 Å². The summed E-state index contributed by atoms with van der Waals surface area (Å²) >= 11 is 1.40. The van der Waals surface area contributed by atoms with Gasteiger partial charge in [0, 0.05) is 11.4 Å². The van der Waals surface area contributed by atoms with E-state index in [9.17, 15) is 10.1 Å². The monoisotopic (exact) mass is 263 g/mol. The van der Waals surface area contributed by atoms with Crippen LogP contribution >= 0.6 is 11.3 Å². The van der Waals surface area contributed by atoms with Crippen molar-refractivity contribution in [2.24, 2.45) is 0 Å². The van der Waals surface area contributed by atoms with Crippen molar-refractivity contribution in [1.29, 1.82) is 0 Å². The fourth-order valence-corrected chi connectivity index (χ4v) is 2.84. The topological polar surface area (TPSA) is 61.6 Å². The SMILES string of the molecule is O=[N+]([O-])c1ccccc1-c1scc2c1OCCO2. The molecule has 18 heavy (non-hydrogen) atoms. The molecule has 1 aliphatic rings. The molecule has 0 atom stereocenters. The lowest BCUT2D eigenvalue weighted by atomic mass is 10.1. The molecule has 6 heteroatoms. The number of nitro benzene ring substituents is 1. The van der Waals surface area contributed by atoms with Gasteiger partial charge < -0.3 is 9.47 Å². The van der Waals surface area contributed by atoms with Gasteiger partial charge in [0.2, 0.25) is 0 Å². The first-order chi connectivity index (χ1) is 8.77. The average molecular weight is 263 g/mol. The predicted molar refractivity (Wildman–Crippen MR) is 67.4 cm³/mol. The first kappa shape index (κ1) is 11.0. The van der Waals surface area contributed by atoms with Crippen molar-refractivity contribution in [2.75, 3.05) is 13.2 Å². The van der Waals surface area contributed by atoms with E-state index in [4.69, 9.17) is 9.47 Å². The van der Waals surface area contributed by atoms with Crippen LogP contribution in [0.5, 0.6) is 11.5 Å². The molecule has 92 valence electrons. The molecule has 1 aromatic heterocycles. The molecule has 0 radical (unpaired) electrons. The minimum absolute atomic E-state index is 0.0799. The maximum Gasteiger partial charge on any atom is 0.278 e. The summed E-state index contributed by atoms with van der Waals surface area (Å²) in [6.07, 6.45) is 0. The second-order valence-electron chi connectivity index (χ2n) is 3.73. The van der Waals surface area contributed by atoms with E-state index in [-0.39, 0.29) is 10.6 Å². The van der Waals surface area contributed by atoms with E-state index >= 15 is 0 Å². The normalized spacial score (nSPS) is 13.3. The molecule has 0 saturated carbocycles. The summed E-state index contributed by atoms with van der Waals surface area (Å²) in [5.41, 5.74) is 0.649. The summed E-state index contributed by atoms with van der Waals surface area (Å²) in [4.78, 5) is 11.4. The number of nitrogens with zero attached hydrogens (tertiary/aromatic N) is 1. The van der Waals surface area contributed by atoms with Gasteiger partial charge in [-0.3, -0.25) is 10.1 Å². The Morgan fingerprint density at radius 1 is 1.22 bits per heavy atom. The summed E-state index contributed by atoms with van der Waals surface area (Å²) in [5.74, 6) is 1.28. The second-order valence-corrected chi connectivity index (χ2v) is 4.61. The van der Waals surface area contributed by atoms with Crippen molar-refractivity contribution in [1.82, 2.24) is 0 Å². The fourth-order valence-electron chi connectivity index (χ4n) is 1.87. The van der Waals surface area contributed by atoms with Crippen LogP contribution in [0, 0.1) is 10.1 Å². The molecule has 2 aromatic rings. The van der Waals surface area contributed by atoms with E-state index in [0.717, 1.165) is 4.88 Å². The third kappa shape index (κ3) is 1.70. The highest BCUT2D eigenvalue weighted by Gasteiger charge is 2.24. The molecular formula is C12H9NO4S. The standard InChI is InChI=1S/C12H9NO4S/c14-13(15)9-4-2-1-3-8(9)12-11-10(7-18-12)16-5-6-17-11/h1-4,7H,5-6H2. The molecule has 0 N–H and O–H groups in total. The van der Waals surface area contributed by atoms with Crippen LogP contribution in [0.4, 0.5) is 5.69 Å². The van der Waals surface area contributed by atoms with Crippen LogP contribution in [0.25, 0.3) is 10.4 Å². The maximum absolute atomic E-state index is 11.0. The van der Waals surface area contributed by atoms with Gasteiger partial charge in [-0.15, -0.1) is 11.3 Å². The fraction of sp³-hybridized carbons (Fsp3) is 0.167. The highest BCUT2D eigenvalue weighted by atomic mass is 32.1. The quantitative estimate of drug-likeness (QED) is 0.617.